The van der Waals surface area contributed by atoms with Gasteiger partial charge in [0.2, 0.25) is 5.91 Å². The zero-order chi connectivity index (χ0) is 16.9. The third kappa shape index (κ3) is 4.16. The molecule has 1 aromatic heterocycles. The quantitative estimate of drug-likeness (QED) is 0.749. The van der Waals surface area contributed by atoms with E-state index in [1.165, 1.54) is 28.7 Å². The summed E-state index contributed by atoms with van der Waals surface area (Å²) < 4.78 is 0.858. The lowest BCUT2D eigenvalue weighted by molar-refractivity contribution is -0.131. The van der Waals surface area contributed by atoms with Crippen LogP contribution in [0.5, 0.6) is 0 Å². The average molecular weight is 362 g/mol. The standard InChI is InChI=1S/C18H23N3OS2/c1-13(24-18-20-19-12-23-18)17(22)21(2)16-10-8-15(9-11-16)14-6-4-3-5-7-14/h3-7,12-13,15-16H,8-11H2,1-2H3/t13-,15?,16?/m0/s1. The minimum Gasteiger partial charge on any atom is -0.342 e. The maximum atomic E-state index is 12.7. The topological polar surface area (TPSA) is 46.1 Å². The van der Waals surface area contributed by atoms with Crippen LogP contribution in [-0.4, -0.2) is 39.3 Å². The summed E-state index contributed by atoms with van der Waals surface area (Å²) in [6.45, 7) is 1.96. The monoisotopic (exact) mass is 361 g/mol. The molecule has 1 aromatic carbocycles. The van der Waals surface area contributed by atoms with E-state index in [9.17, 15) is 4.79 Å². The van der Waals surface area contributed by atoms with Gasteiger partial charge in [-0.3, -0.25) is 4.79 Å². The van der Waals surface area contributed by atoms with Gasteiger partial charge in [-0.05, 0) is 44.1 Å². The van der Waals surface area contributed by atoms with Crippen LogP contribution in [0.15, 0.2) is 40.2 Å². The third-order valence-electron chi connectivity index (χ3n) is 4.83. The number of hydrogen-bond donors (Lipinski definition) is 0. The van der Waals surface area contributed by atoms with Crippen LogP contribution in [0.1, 0.15) is 44.1 Å². The van der Waals surface area contributed by atoms with Gasteiger partial charge in [0.05, 0.1) is 5.25 Å². The first kappa shape index (κ1) is 17.4. The molecule has 24 heavy (non-hydrogen) atoms. The van der Waals surface area contributed by atoms with Crippen molar-refractivity contribution in [2.45, 2.75) is 54.2 Å². The van der Waals surface area contributed by atoms with Gasteiger partial charge in [-0.15, -0.1) is 10.2 Å². The molecule has 3 rings (SSSR count). The molecule has 128 valence electrons. The minimum absolute atomic E-state index is 0.116. The lowest BCUT2D eigenvalue weighted by atomic mass is 9.81. The third-order valence-corrected chi connectivity index (χ3v) is 6.73. The summed E-state index contributed by atoms with van der Waals surface area (Å²) >= 11 is 2.99. The van der Waals surface area contributed by atoms with Crippen molar-refractivity contribution in [1.82, 2.24) is 15.1 Å². The molecule has 1 aliphatic carbocycles. The Hall–Kier alpha value is -1.40. The fourth-order valence-corrected chi connectivity index (χ4v) is 5.13. The smallest absolute Gasteiger partial charge is 0.235 e. The number of hydrogen-bond acceptors (Lipinski definition) is 5. The molecule has 2 aromatic rings. The maximum Gasteiger partial charge on any atom is 0.235 e. The number of nitrogens with zero attached hydrogens (tertiary/aromatic N) is 3. The van der Waals surface area contributed by atoms with Crippen molar-refractivity contribution in [2.24, 2.45) is 0 Å². The van der Waals surface area contributed by atoms with Crippen molar-refractivity contribution < 1.29 is 4.79 Å². The van der Waals surface area contributed by atoms with E-state index in [4.69, 9.17) is 0 Å². The number of carbonyl (C=O) groups excluding carboxylic acids is 1. The van der Waals surface area contributed by atoms with Crippen LogP contribution in [-0.2, 0) is 4.79 Å². The van der Waals surface area contributed by atoms with E-state index in [2.05, 4.69) is 40.5 Å². The molecule has 1 aliphatic rings. The molecule has 1 amide bonds. The molecular formula is C18H23N3OS2. The predicted molar refractivity (Wildman–Crippen MR) is 99.4 cm³/mol. The van der Waals surface area contributed by atoms with Crippen LogP contribution < -0.4 is 0 Å². The molecule has 1 heterocycles. The fourth-order valence-electron chi connectivity index (χ4n) is 3.40. The number of rotatable bonds is 5. The summed E-state index contributed by atoms with van der Waals surface area (Å²) in [5.74, 6) is 0.831. The van der Waals surface area contributed by atoms with Crippen molar-refractivity contribution in [3.8, 4) is 0 Å². The van der Waals surface area contributed by atoms with E-state index in [0.717, 1.165) is 30.0 Å². The molecule has 0 bridgehead atoms. The first-order chi connectivity index (χ1) is 11.6. The molecule has 6 heteroatoms. The van der Waals surface area contributed by atoms with Gasteiger partial charge in [-0.2, -0.15) is 0 Å². The van der Waals surface area contributed by atoms with Crippen LogP contribution >= 0.6 is 23.1 Å². The minimum atomic E-state index is -0.116. The Morgan fingerprint density at radius 1 is 1.25 bits per heavy atom. The second-order valence-corrected chi connectivity index (χ2v) is 8.75. The number of aromatic nitrogens is 2. The Balaban J connectivity index is 1.52. The summed E-state index contributed by atoms with van der Waals surface area (Å²) in [4.78, 5) is 14.6. The predicted octanol–water partition coefficient (Wildman–Crippen LogP) is 4.20. The van der Waals surface area contributed by atoms with Crippen molar-refractivity contribution >= 4 is 29.0 Å². The highest BCUT2D eigenvalue weighted by Crippen LogP contribution is 2.35. The van der Waals surface area contributed by atoms with E-state index in [1.54, 1.807) is 5.51 Å². The number of thioether (sulfide) groups is 1. The zero-order valence-electron chi connectivity index (χ0n) is 14.1. The van der Waals surface area contributed by atoms with Gasteiger partial charge in [-0.25, -0.2) is 0 Å². The van der Waals surface area contributed by atoms with E-state index in [-0.39, 0.29) is 11.2 Å². The molecule has 1 atom stereocenters. The maximum absolute atomic E-state index is 12.7. The average Bonchev–Trinajstić information content (AvgIpc) is 3.14. The van der Waals surface area contributed by atoms with Gasteiger partial charge >= 0.3 is 0 Å². The van der Waals surface area contributed by atoms with Crippen LogP contribution in [0.2, 0.25) is 0 Å². The normalized spacial score (nSPS) is 22.1. The zero-order valence-corrected chi connectivity index (χ0v) is 15.7. The summed E-state index contributed by atoms with van der Waals surface area (Å²) in [6.07, 6.45) is 4.48. The first-order valence-electron chi connectivity index (χ1n) is 8.39. The molecule has 0 spiro atoms. The highest BCUT2D eigenvalue weighted by molar-refractivity contribution is 8.02. The molecule has 0 unspecified atom stereocenters. The Bertz CT molecular complexity index is 640. The SMILES string of the molecule is C[C@H](Sc1nncs1)C(=O)N(C)C1CCC(c2ccccc2)CC1. The van der Waals surface area contributed by atoms with Gasteiger partial charge in [0.15, 0.2) is 4.34 Å². The molecule has 0 saturated heterocycles. The van der Waals surface area contributed by atoms with Gasteiger partial charge in [0, 0.05) is 13.1 Å². The first-order valence-corrected chi connectivity index (χ1v) is 10.2. The second-order valence-electron chi connectivity index (χ2n) is 6.33. The number of amides is 1. The van der Waals surface area contributed by atoms with Crippen molar-refractivity contribution in [3.63, 3.8) is 0 Å². The second kappa shape index (κ2) is 8.12. The van der Waals surface area contributed by atoms with Crippen LogP contribution in [0.3, 0.4) is 0 Å². The summed E-state index contributed by atoms with van der Waals surface area (Å²) in [5.41, 5.74) is 3.14. The van der Waals surface area contributed by atoms with E-state index in [1.807, 2.05) is 18.9 Å². The lowest BCUT2D eigenvalue weighted by Crippen LogP contribution is -2.42. The summed E-state index contributed by atoms with van der Waals surface area (Å²) in [5, 5.41) is 7.73. The molecule has 0 aliphatic heterocycles. The summed E-state index contributed by atoms with van der Waals surface area (Å²) in [6, 6.07) is 11.1. The largest absolute Gasteiger partial charge is 0.342 e. The van der Waals surface area contributed by atoms with Gasteiger partial charge in [0.25, 0.3) is 0 Å². The molecule has 0 radical (unpaired) electrons. The molecule has 4 nitrogen and oxygen atoms in total. The molecular weight excluding hydrogens is 338 g/mol. The van der Waals surface area contributed by atoms with Crippen LogP contribution in [0, 0.1) is 0 Å². The van der Waals surface area contributed by atoms with E-state index < -0.39 is 0 Å². The summed E-state index contributed by atoms with van der Waals surface area (Å²) in [7, 11) is 1.95. The van der Waals surface area contributed by atoms with Crippen LogP contribution in [0.4, 0.5) is 0 Å². The molecule has 1 saturated carbocycles. The Kier molecular flexibility index (Phi) is 5.89. The Labute approximate surface area is 151 Å². The van der Waals surface area contributed by atoms with Crippen molar-refractivity contribution in [2.75, 3.05) is 7.05 Å². The Morgan fingerprint density at radius 3 is 2.58 bits per heavy atom. The van der Waals surface area contributed by atoms with Gasteiger partial charge < -0.3 is 4.90 Å². The number of benzene rings is 1. The molecule has 1 fully saturated rings. The lowest BCUT2D eigenvalue weighted by Gasteiger charge is -2.35. The van der Waals surface area contributed by atoms with E-state index in [0.29, 0.717) is 12.0 Å². The highest BCUT2D eigenvalue weighted by Gasteiger charge is 2.29. The van der Waals surface area contributed by atoms with Gasteiger partial charge in [0.1, 0.15) is 5.51 Å². The van der Waals surface area contributed by atoms with Crippen LogP contribution in [0.25, 0.3) is 0 Å². The Morgan fingerprint density at radius 2 is 1.96 bits per heavy atom. The molecule has 0 N–H and O–H groups in total. The highest BCUT2D eigenvalue weighted by atomic mass is 32.2. The fraction of sp³-hybridized carbons (Fsp3) is 0.500. The van der Waals surface area contributed by atoms with Crippen molar-refractivity contribution in [3.05, 3.63) is 41.4 Å². The van der Waals surface area contributed by atoms with E-state index >= 15 is 0 Å². The van der Waals surface area contributed by atoms with Gasteiger partial charge in [-0.1, -0.05) is 53.4 Å². The number of carbonyl (C=O) groups is 1. The van der Waals surface area contributed by atoms with Crippen molar-refractivity contribution in [1.29, 1.82) is 0 Å².